The molecule has 0 spiro atoms. The molecule has 0 aliphatic carbocycles. The molecule has 0 saturated carbocycles. The van der Waals surface area contributed by atoms with Gasteiger partial charge in [0.1, 0.15) is 0 Å². The van der Waals surface area contributed by atoms with Gasteiger partial charge in [-0.05, 0) is 196 Å². The van der Waals surface area contributed by atoms with Crippen LogP contribution in [0.25, 0.3) is 55.4 Å². The SMILES string of the molecule is Cc1cc(C)c(-c2cc([N-]CC(C)(C)C)nc(-c3c(C)cc(C)cc3C)c2)c(C)c1.Cc1cc(C)c(-c2cc([N-]CC(C)(C)C)nc(-c3c(C)cc(C)cc3C)c2)c(C)c1.[CH3-].[CH3-].[Hf+4]. The second-order valence-corrected chi connectivity index (χ2v) is 20.0. The molecule has 2 aromatic heterocycles. The molecule has 0 bridgehead atoms. The van der Waals surface area contributed by atoms with E-state index in [0.717, 1.165) is 36.1 Å². The van der Waals surface area contributed by atoms with Gasteiger partial charge in [-0.2, -0.15) is 0 Å². The van der Waals surface area contributed by atoms with Gasteiger partial charge in [-0.15, -0.1) is 0 Å². The van der Waals surface area contributed by atoms with Gasteiger partial charge in [-0.3, -0.25) is 0 Å². The largest absolute Gasteiger partial charge is 4.00 e. The van der Waals surface area contributed by atoms with Crippen LogP contribution in [0.5, 0.6) is 0 Å². The van der Waals surface area contributed by atoms with Gasteiger partial charge < -0.3 is 35.5 Å². The number of benzene rings is 4. The van der Waals surface area contributed by atoms with Gasteiger partial charge in [0.15, 0.2) is 0 Å². The first kappa shape index (κ1) is 54.8. The first-order valence-electron chi connectivity index (χ1n) is 21.6. The van der Waals surface area contributed by atoms with E-state index in [1.165, 1.54) is 100 Å². The zero-order valence-corrected chi connectivity index (χ0v) is 46.2. The number of nitrogens with zero attached hydrogens (tertiary/aromatic N) is 4. The van der Waals surface area contributed by atoms with Crippen LogP contribution in [0.3, 0.4) is 0 Å². The first-order chi connectivity index (χ1) is 27.9. The minimum atomic E-state index is 0. The van der Waals surface area contributed by atoms with Gasteiger partial charge >= 0.3 is 25.8 Å². The van der Waals surface area contributed by atoms with Gasteiger partial charge in [0.25, 0.3) is 0 Å². The van der Waals surface area contributed by atoms with E-state index in [9.17, 15) is 0 Å². The molecular weight excluding hydrogens is 931 g/mol. The summed E-state index contributed by atoms with van der Waals surface area (Å²) in [6.45, 7) is 40.9. The molecule has 6 rings (SSSR count). The fraction of sp³-hybridized carbons (Fsp3) is 0.379. The Hall–Kier alpha value is -4.35. The molecule has 0 fully saturated rings. The Labute approximate surface area is 403 Å². The normalized spacial score (nSPS) is 11.1. The summed E-state index contributed by atoms with van der Waals surface area (Å²) in [5, 5.41) is 9.78. The summed E-state index contributed by atoms with van der Waals surface area (Å²) in [5.74, 6) is 1.63. The Morgan fingerprint density at radius 1 is 0.349 bits per heavy atom. The van der Waals surface area contributed by atoms with Crippen molar-refractivity contribution in [2.75, 3.05) is 13.1 Å². The summed E-state index contributed by atoms with van der Waals surface area (Å²) in [4.78, 5) is 9.99. The zero-order valence-electron chi connectivity index (χ0n) is 42.6. The van der Waals surface area contributed by atoms with Crippen molar-refractivity contribution in [1.82, 2.24) is 9.97 Å². The van der Waals surface area contributed by atoms with Crippen LogP contribution in [0.1, 0.15) is 108 Å². The van der Waals surface area contributed by atoms with Crippen molar-refractivity contribution in [2.24, 2.45) is 10.8 Å². The van der Waals surface area contributed by atoms with Crippen molar-refractivity contribution in [2.45, 2.75) is 125 Å². The van der Waals surface area contributed by atoms with Crippen LogP contribution in [-0.2, 0) is 25.8 Å². The third kappa shape index (κ3) is 14.3. The monoisotopic (exact) mass is 1010 g/mol. The van der Waals surface area contributed by atoms with Crippen LogP contribution in [0.4, 0.5) is 11.6 Å². The van der Waals surface area contributed by atoms with Gasteiger partial charge in [-0.1, -0.05) is 148 Å². The molecule has 0 aliphatic heterocycles. The number of pyridine rings is 2. The maximum Gasteiger partial charge on any atom is 4.00 e. The molecule has 4 nitrogen and oxygen atoms in total. The van der Waals surface area contributed by atoms with E-state index in [1.54, 1.807) is 0 Å². The molecule has 2 heterocycles. The predicted molar refractivity (Wildman–Crippen MR) is 275 cm³/mol. The van der Waals surface area contributed by atoms with Crippen molar-refractivity contribution in [3.05, 3.63) is 165 Å². The van der Waals surface area contributed by atoms with Gasteiger partial charge in [0.05, 0.1) is 0 Å². The van der Waals surface area contributed by atoms with E-state index >= 15 is 0 Å². The average molecular weight is 1010 g/mol. The van der Waals surface area contributed by atoms with Crippen molar-refractivity contribution in [3.8, 4) is 44.8 Å². The summed E-state index contributed by atoms with van der Waals surface area (Å²) in [6, 6.07) is 26.8. The van der Waals surface area contributed by atoms with Crippen molar-refractivity contribution in [3.63, 3.8) is 0 Å². The van der Waals surface area contributed by atoms with E-state index in [-0.39, 0.29) is 51.5 Å². The topological polar surface area (TPSA) is 54.0 Å². The number of aromatic nitrogens is 2. The minimum Gasteiger partial charge on any atom is -0.465 e. The molecular formula is C58H76HfN4. The third-order valence-corrected chi connectivity index (χ3v) is 10.9. The molecule has 63 heavy (non-hydrogen) atoms. The van der Waals surface area contributed by atoms with E-state index in [0.29, 0.717) is 0 Å². The zero-order chi connectivity index (χ0) is 44.4. The number of hydrogen-bond acceptors (Lipinski definition) is 2. The van der Waals surface area contributed by atoms with E-state index in [1.807, 2.05) is 0 Å². The molecule has 4 aromatic carbocycles. The number of hydrogen-bond donors (Lipinski definition) is 0. The van der Waals surface area contributed by atoms with Gasteiger partial charge in [0, 0.05) is 0 Å². The van der Waals surface area contributed by atoms with Crippen LogP contribution in [0.2, 0.25) is 0 Å². The average Bonchev–Trinajstić information content (AvgIpc) is 3.08. The van der Waals surface area contributed by atoms with Crippen LogP contribution in [-0.4, -0.2) is 23.1 Å². The number of rotatable bonds is 8. The molecule has 0 amide bonds. The first-order valence-corrected chi connectivity index (χ1v) is 21.6. The van der Waals surface area contributed by atoms with E-state index < -0.39 is 0 Å². The molecule has 5 heteroatoms. The Kier molecular flexibility index (Phi) is 19.2. The third-order valence-electron chi connectivity index (χ3n) is 10.9. The summed E-state index contributed by atoms with van der Waals surface area (Å²) in [5.41, 5.74) is 25.1. The summed E-state index contributed by atoms with van der Waals surface area (Å²) < 4.78 is 0. The summed E-state index contributed by atoms with van der Waals surface area (Å²) in [6.07, 6.45) is 0. The van der Waals surface area contributed by atoms with Crippen LogP contribution in [0, 0.1) is 109 Å². The Morgan fingerprint density at radius 3 is 0.794 bits per heavy atom. The fourth-order valence-electron chi connectivity index (χ4n) is 8.81. The van der Waals surface area contributed by atoms with Crippen molar-refractivity contribution < 1.29 is 25.8 Å². The Balaban J connectivity index is 0.000000414. The molecule has 0 N–H and O–H groups in total. The molecule has 6 aromatic rings. The number of aryl methyl sites for hydroxylation is 12. The van der Waals surface area contributed by atoms with E-state index in [4.69, 9.17) is 20.6 Å². The van der Waals surface area contributed by atoms with Crippen LogP contribution >= 0.6 is 0 Å². The van der Waals surface area contributed by atoms with Crippen molar-refractivity contribution >= 4 is 11.6 Å². The van der Waals surface area contributed by atoms with Crippen LogP contribution < -0.4 is 0 Å². The summed E-state index contributed by atoms with van der Waals surface area (Å²) >= 11 is 0. The summed E-state index contributed by atoms with van der Waals surface area (Å²) in [7, 11) is 0. The van der Waals surface area contributed by atoms with Crippen molar-refractivity contribution in [1.29, 1.82) is 0 Å². The second-order valence-electron chi connectivity index (χ2n) is 20.0. The molecule has 332 valence electrons. The standard InChI is InChI=1S/2C28H35N2.2CH3.Hf/c2*1-17-10-19(3)26(20(4)11-17)23-14-24(27-21(5)12-18(2)13-22(27)6)30-25(15-23)29-16-28(7,8)9;;;/h2*10-15H,16H2,1-9H3;2*1H3;/q4*-1;+4. The predicted octanol–water partition coefficient (Wildman–Crippen LogP) is 17.5. The molecule has 0 aliphatic rings. The Bertz CT molecular complexity index is 2110. The van der Waals surface area contributed by atoms with Gasteiger partial charge in [-0.25, -0.2) is 0 Å². The maximum atomic E-state index is 4.99. The molecule has 0 atom stereocenters. The Morgan fingerprint density at radius 2 is 0.571 bits per heavy atom. The second kappa shape index (κ2) is 22.0. The molecule has 0 unspecified atom stereocenters. The smallest absolute Gasteiger partial charge is 0.465 e. The minimum absolute atomic E-state index is 0. The van der Waals surface area contributed by atoms with E-state index in [2.05, 4.69) is 197 Å². The molecule has 0 saturated heterocycles. The quantitative estimate of drug-likeness (QED) is 0.113. The maximum absolute atomic E-state index is 4.99. The molecule has 0 radical (unpaired) electrons. The van der Waals surface area contributed by atoms with Crippen LogP contribution in [0.15, 0.2) is 72.8 Å². The van der Waals surface area contributed by atoms with Gasteiger partial charge in [0.2, 0.25) is 0 Å². The fourth-order valence-corrected chi connectivity index (χ4v) is 8.81.